The van der Waals surface area contributed by atoms with Gasteiger partial charge in [-0.1, -0.05) is 0 Å². The molecule has 1 aromatic carbocycles. The van der Waals surface area contributed by atoms with E-state index in [0.29, 0.717) is 0 Å². The number of ketones is 1. The minimum Gasteiger partial charge on any atom is -0.295 e. The summed E-state index contributed by atoms with van der Waals surface area (Å²) in [5.41, 5.74) is 2.32. The fourth-order valence-corrected chi connectivity index (χ4v) is 4.38. The van der Waals surface area contributed by atoms with Crippen LogP contribution in [0.25, 0.3) is 11.0 Å². The molecule has 2 atom stereocenters. The third-order valence-electron chi connectivity index (χ3n) is 5.24. The fraction of sp³-hybridized carbons (Fsp3) is 0.500. The van der Waals surface area contributed by atoms with E-state index in [4.69, 9.17) is 0 Å². The van der Waals surface area contributed by atoms with Gasteiger partial charge in [-0.25, -0.2) is 4.79 Å². The van der Waals surface area contributed by atoms with Gasteiger partial charge in [0.1, 0.15) is 0 Å². The van der Waals surface area contributed by atoms with Crippen molar-refractivity contribution >= 4 is 32.7 Å². The molecular weight excluding hydrogens is 332 g/mol. The number of halogens is 1. The van der Waals surface area contributed by atoms with Gasteiger partial charge in [-0.05, 0) is 59.2 Å². The van der Waals surface area contributed by atoms with Crippen LogP contribution in [0.15, 0.2) is 21.4 Å². The summed E-state index contributed by atoms with van der Waals surface area (Å²) in [5, 5.41) is 0. The lowest BCUT2D eigenvalue weighted by Gasteiger charge is -2.12. The number of imidazole rings is 1. The molecule has 0 spiro atoms. The molecule has 2 aliphatic rings. The fourth-order valence-electron chi connectivity index (χ4n) is 3.86. The Bertz CT molecular complexity index is 823. The predicted octanol–water partition coefficient (Wildman–Crippen LogP) is 2.87. The molecule has 0 amide bonds. The Hall–Kier alpha value is -1.36. The summed E-state index contributed by atoms with van der Waals surface area (Å²) in [6, 6.07) is 3.76. The lowest BCUT2D eigenvalue weighted by atomic mass is 9.93. The number of nitrogens with zero attached hydrogens (tertiary/aromatic N) is 2. The first-order chi connectivity index (χ1) is 9.97. The minimum atomic E-state index is -0.0661. The number of carbonyl (C=O) groups excluding carboxylic acids is 1. The van der Waals surface area contributed by atoms with Crippen molar-refractivity contribution in [2.24, 2.45) is 31.8 Å². The van der Waals surface area contributed by atoms with E-state index in [0.717, 1.165) is 45.7 Å². The van der Waals surface area contributed by atoms with Crippen molar-refractivity contribution in [1.82, 2.24) is 9.13 Å². The highest BCUT2D eigenvalue weighted by molar-refractivity contribution is 9.10. The van der Waals surface area contributed by atoms with E-state index >= 15 is 0 Å². The number of carbonyl (C=O) groups is 1. The van der Waals surface area contributed by atoms with E-state index in [2.05, 4.69) is 15.9 Å². The van der Waals surface area contributed by atoms with Crippen molar-refractivity contribution in [3.63, 3.8) is 0 Å². The van der Waals surface area contributed by atoms with Crippen molar-refractivity contribution in [3.05, 3.63) is 32.7 Å². The van der Waals surface area contributed by atoms with Crippen LogP contribution in [0, 0.1) is 17.8 Å². The highest BCUT2D eigenvalue weighted by Crippen LogP contribution is 2.55. The summed E-state index contributed by atoms with van der Waals surface area (Å²) in [6.07, 6.45) is 3.40. The van der Waals surface area contributed by atoms with Crippen LogP contribution in [0.2, 0.25) is 0 Å². The summed E-state index contributed by atoms with van der Waals surface area (Å²) in [6.45, 7) is 0. The largest absolute Gasteiger partial charge is 0.328 e. The molecule has 2 fully saturated rings. The van der Waals surface area contributed by atoms with E-state index in [9.17, 15) is 9.59 Å². The molecule has 110 valence electrons. The van der Waals surface area contributed by atoms with E-state index in [1.54, 1.807) is 23.2 Å². The van der Waals surface area contributed by atoms with Gasteiger partial charge >= 0.3 is 5.69 Å². The average Bonchev–Trinajstić information content (AvgIpc) is 3.03. The van der Waals surface area contributed by atoms with Crippen molar-refractivity contribution in [3.8, 4) is 0 Å². The maximum Gasteiger partial charge on any atom is 0.328 e. The molecule has 0 bridgehead atoms. The Balaban J connectivity index is 1.81. The third-order valence-corrected chi connectivity index (χ3v) is 5.90. The highest BCUT2D eigenvalue weighted by atomic mass is 79.9. The van der Waals surface area contributed by atoms with Crippen LogP contribution < -0.4 is 5.69 Å². The predicted molar refractivity (Wildman–Crippen MR) is 84.5 cm³/mol. The quantitative estimate of drug-likeness (QED) is 0.783. The number of hydrogen-bond acceptors (Lipinski definition) is 2. The molecule has 0 saturated heterocycles. The maximum atomic E-state index is 12.8. The van der Waals surface area contributed by atoms with Crippen molar-refractivity contribution in [2.75, 3.05) is 0 Å². The number of hydrogen-bond donors (Lipinski definition) is 0. The van der Waals surface area contributed by atoms with Crippen molar-refractivity contribution in [1.29, 1.82) is 0 Å². The average molecular weight is 349 g/mol. The number of aryl methyl sites for hydroxylation is 2. The third kappa shape index (κ3) is 1.86. The van der Waals surface area contributed by atoms with Crippen LogP contribution in [0.4, 0.5) is 0 Å². The lowest BCUT2D eigenvalue weighted by molar-refractivity contribution is 0.0914. The maximum absolute atomic E-state index is 12.8. The van der Waals surface area contributed by atoms with E-state index in [1.165, 1.54) is 6.42 Å². The SMILES string of the molecule is Cn1c(=O)n(C)c2cc(C(=O)C3CC4CC4C3)c(Br)cc21. The van der Waals surface area contributed by atoms with Crippen LogP contribution in [0.3, 0.4) is 0 Å². The molecule has 21 heavy (non-hydrogen) atoms. The normalized spacial score (nSPS) is 27.1. The van der Waals surface area contributed by atoms with E-state index in [1.807, 2.05) is 12.1 Å². The Morgan fingerprint density at radius 2 is 1.67 bits per heavy atom. The number of fused-ring (bicyclic) bond motifs is 2. The highest BCUT2D eigenvalue weighted by Gasteiger charge is 2.48. The Kier molecular flexibility index (Phi) is 2.74. The summed E-state index contributed by atoms with van der Waals surface area (Å²) in [4.78, 5) is 24.8. The molecule has 5 heteroatoms. The van der Waals surface area contributed by atoms with Gasteiger partial charge in [0.15, 0.2) is 5.78 Å². The van der Waals surface area contributed by atoms with Gasteiger partial charge in [-0.15, -0.1) is 0 Å². The first kappa shape index (κ1) is 13.3. The summed E-state index contributed by atoms with van der Waals surface area (Å²) < 4.78 is 4.01. The molecule has 2 saturated carbocycles. The van der Waals surface area contributed by atoms with Crippen molar-refractivity contribution in [2.45, 2.75) is 19.3 Å². The second-order valence-corrected chi connectivity index (χ2v) is 7.36. The topological polar surface area (TPSA) is 44.0 Å². The van der Waals surface area contributed by atoms with Crippen LogP contribution in [-0.4, -0.2) is 14.9 Å². The standard InChI is InChI=1S/C16H17BrN2O2/c1-18-13-6-11(12(17)7-14(13)19(2)16(18)21)15(20)10-4-8-3-9(8)5-10/h6-10H,3-5H2,1-2H3. The molecule has 0 aliphatic heterocycles. The molecule has 2 unspecified atom stereocenters. The van der Waals surface area contributed by atoms with Gasteiger partial charge < -0.3 is 0 Å². The van der Waals surface area contributed by atoms with E-state index in [-0.39, 0.29) is 17.4 Å². The minimum absolute atomic E-state index is 0.0661. The lowest BCUT2D eigenvalue weighted by Crippen LogP contribution is -2.19. The monoisotopic (exact) mass is 348 g/mol. The van der Waals surface area contributed by atoms with Gasteiger partial charge in [0.05, 0.1) is 11.0 Å². The molecule has 2 aromatic rings. The number of rotatable bonds is 2. The second kappa shape index (κ2) is 4.32. The number of aromatic nitrogens is 2. The molecule has 0 radical (unpaired) electrons. The molecule has 4 nitrogen and oxygen atoms in total. The summed E-state index contributed by atoms with van der Waals surface area (Å²) >= 11 is 3.51. The zero-order chi connectivity index (χ0) is 14.9. The molecule has 0 N–H and O–H groups in total. The Morgan fingerprint density at radius 1 is 1.10 bits per heavy atom. The molecular formula is C16H17BrN2O2. The first-order valence-electron chi connectivity index (χ1n) is 7.36. The van der Waals surface area contributed by atoms with Gasteiger partial charge in [0.2, 0.25) is 0 Å². The Labute approximate surface area is 130 Å². The molecule has 1 heterocycles. The first-order valence-corrected chi connectivity index (χ1v) is 8.16. The zero-order valence-corrected chi connectivity index (χ0v) is 13.7. The van der Waals surface area contributed by atoms with Crippen LogP contribution in [0.1, 0.15) is 29.6 Å². The summed E-state index contributed by atoms with van der Waals surface area (Å²) in [7, 11) is 3.50. The van der Waals surface area contributed by atoms with Crippen LogP contribution in [-0.2, 0) is 14.1 Å². The molecule has 4 rings (SSSR count). The van der Waals surface area contributed by atoms with Gasteiger partial charge in [-0.2, -0.15) is 0 Å². The second-order valence-electron chi connectivity index (χ2n) is 6.51. The van der Waals surface area contributed by atoms with Gasteiger partial charge in [0, 0.05) is 30.0 Å². The molecule has 1 aromatic heterocycles. The Morgan fingerprint density at radius 3 is 2.29 bits per heavy atom. The van der Waals surface area contributed by atoms with Crippen molar-refractivity contribution < 1.29 is 4.79 Å². The zero-order valence-electron chi connectivity index (χ0n) is 12.1. The smallest absolute Gasteiger partial charge is 0.295 e. The number of Topliss-reactive ketones (excluding diaryl/α,β-unsaturated/α-hetero) is 1. The van der Waals surface area contributed by atoms with Crippen LogP contribution >= 0.6 is 15.9 Å². The van der Waals surface area contributed by atoms with Gasteiger partial charge in [-0.3, -0.25) is 13.9 Å². The van der Waals surface area contributed by atoms with Crippen LogP contribution in [0.5, 0.6) is 0 Å². The van der Waals surface area contributed by atoms with Gasteiger partial charge in [0.25, 0.3) is 0 Å². The summed E-state index contributed by atoms with van der Waals surface area (Å²) in [5.74, 6) is 1.99. The molecule has 2 aliphatic carbocycles. The number of benzene rings is 1. The van der Waals surface area contributed by atoms with E-state index < -0.39 is 0 Å².